The topological polar surface area (TPSA) is 3.24 Å². The third-order valence-electron chi connectivity index (χ3n) is 6.24. The van der Waals surface area contributed by atoms with Crippen molar-refractivity contribution in [2.45, 2.75) is 31.7 Å². The maximum Gasteiger partial charge on any atom is 0.0972 e. The van der Waals surface area contributed by atoms with Gasteiger partial charge in [0.05, 0.1) is 5.54 Å². The monoisotopic (exact) mass is 355 g/mol. The Morgan fingerprint density at radius 3 is 1.37 bits per heavy atom. The lowest BCUT2D eigenvalue weighted by Crippen LogP contribution is -2.51. The van der Waals surface area contributed by atoms with Crippen LogP contribution in [0.15, 0.2) is 91.0 Å². The second-order valence-electron chi connectivity index (χ2n) is 7.65. The van der Waals surface area contributed by atoms with Crippen LogP contribution in [0.25, 0.3) is 0 Å². The molecule has 0 aliphatic carbocycles. The Morgan fingerprint density at radius 1 is 0.667 bits per heavy atom. The van der Waals surface area contributed by atoms with E-state index in [9.17, 15) is 0 Å². The predicted molar refractivity (Wildman–Crippen MR) is 114 cm³/mol. The lowest BCUT2D eigenvalue weighted by molar-refractivity contribution is 0.101. The van der Waals surface area contributed by atoms with Gasteiger partial charge in [-0.05, 0) is 48.5 Å². The zero-order valence-electron chi connectivity index (χ0n) is 16.2. The SMILES string of the molecule is CCC1CCN(C(c2ccccc2)(c2ccccc2)c2ccccc2)CC1. The molecule has 27 heavy (non-hydrogen) atoms. The van der Waals surface area contributed by atoms with Gasteiger partial charge < -0.3 is 0 Å². The first-order chi connectivity index (χ1) is 13.4. The summed E-state index contributed by atoms with van der Waals surface area (Å²) in [5.74, 6) is 0.862. The van der Waals surface area contributed by atoms with Crippen molar-refractivity contribution in [1.82, 2.24) is 4.90 Å². The molecule has 0 spiro atoms. The van der Waals surface area contributed by atoms with Crippen LogP contribution >= 0.6 is 0 Å². The van der Waals surface area contributed by atoms with E-state index in [0.29, 0.717) is 0 Å². The average molecular weight is 356 g/mol. The van der Waals surface area contributed by atoms with E-state index < -0.39 is 0 Å². The summed E-state index contributed by atoms with van der Waals surface area (Å²) in [4.78, 5) is 2.72. The molecule has 0 bridgehead atoms. The van der Waals surface area contributed by atoms with Crippen LogP contribution in [0.1, 0.15) is 42.9 Å². The Morgan fingerprint density at radius 2 is 1.04 bits per heavy atom. The fraction of sp³-hybridized carbons (Fsp3) is 0.308. The van der Waals surface area contributed by atoms with Crippen molar-refractivity contribution >= 4 is 0 Å². The van der Waals surface area contributed by atoms with E-state index >= 15 is 0 Å². The van der Waals surface area contributed by atoms with E-state index in [0.717, 1.165) is 19.0 Å². The summed E-state index contributed by atoms with van der Waals surface area (Å²) in [5.41, 5.74) is 3.84. The normalized spacial score (nSPS) is 16.3. The van der Waals surface area contributed by atoms with Crippen molar-refractivity contribution in [3.63, 3.8) is 0 Å². The Hall–Kier alpha value is -2.38. The standard InChI is InChI=1S/C26H29N/c1-2-22-18-20-27(21-19-22)26(23-12-6-3-7-13-23,24-14-8-4-9-15-24)25-16-10-5-11-17-25/h3-17,22H,2,18-21H2,1H3. The van der Waals surface area contributed by atoms with Crippen LogP contribution < -0.4 is 0 Å². The first-order valence-corrected chi connectivity index (χ1v) is 10.3. The molecule has 1 aliphatic heterocycles. The van der Waals surface area contributed by atoms with E-state index in [-0.39, 0.29) is 5.54 Å². The van der Waals surface area contributed by atoms with Crippen molar-refractivity contribution in [3.8, 4) is 0 Å². The highest BCUT2D eigenvalue weighted by atomic mass is 15.2. The Labute approximate surface area is 163 Å². The Balaban J connectivity index is 1.93. The van der Waals surface area contributed by atoms with Gasteiger partial charge in [-0.15, -0.1) is 0 Å². The van der Waals surface area contributed by atoms with Crippen molar-refractivity contribution in [1.29, 1.82) is 0 Å². The molecule has 3 aromatic carbocycles. The van der Waals surface area contributed by atoms with Gasteiger partial charge in [-0.2, -0.15) is 0 Å². The second kappa shape index (κ2) is 8.10. The fourth-order valence-electron chi connectivity index (χ4n) is 4.76. The van der Waals surface area contributed by atoms with Gasteiger partial charge in [-0.25, -0.2) is 0 Å². The molecule has 1 fully saturated rings. The van der Waals surface area contributed by atoms with E-state index in [2.05, 4.69) is 103 Å². The summed E-state index contributed by atoms with van der Waals surface area (Å²) in [6, 6.07) is 33.2. The zero-order valence-corrected chi connectivity index (χ0v) is 16.2. The predicted octanol–water partition coefficient (Wildman–Crippen LogP) is 6.10. The van der Waals surface area contributed by atoms with Crippen LogP contribution in [0.5, 0.6) is 0 Å². The van der Waals surface area contributed by atoms with Gasteiger partial charge in [-0.1, -0.05) is 104 Å². The van der Waals surface area contributed by atoms with Crippen molar-refractivity contribution in [3.05, 3.63) is 108 Å². The number of hydrogen-bond acceptors (Lipinski definition) is 1. The molecule has 0 aromatic heterocycles. The molecule has 1 heterocycles. The molecule has 0 N–H and O–H groups in total. The quantitative estimate of drug-likeness (QED) is 0.500. The minimum Gasteiger partial charge on any atom is -0.286 e. The summed E-state index contributed by atoms with van der Waals surface area (Å²) in [5, 5.41) is 0. The van der Waals surface area contributed by atoms with Gasteiger partial charge in [0.25, 0.3) is 0 Å². The van der Waals surface area contributed by atoms with Gasteiger partial charge in [0.15, 0.2) is 0 Å². The molecule has 0 amide bonds. The molecule has 4 rings (SSSR count). The highest BCUT2D eigenvalue weighted by Crippen LogP contribution is 2.44. The van der Waals surface area contributed by atoms with E-state index in [1.165, 1.54) is 36.0 Å². The third-order valence-corrected chi connectivity index (χ3v) is 6.24. The molecule has 0 radical (unpaired) electrons. The highest BCUT2D eigenvalue weighted by Gasteiger charge is 2.42. The van der Waals surface area contributed by atoms with Crippen LogP contribution in [0.3, 0.4) is 0 Å². The molecular weight excluding hydrogens is 326 g/mol. The molecule has 0 atom stereocenters. The molecule has 1 heteroatoms. The van der Waals surface area contributed by atoms with Crippen molar-refractivity contribution in [2.24, 2.45) is 5.92 Å². The van der Waals surface area contributed by atoms with Gasteiger partial charge in [-0.3, -0.25) is 4.90 Å². The molecular formula is C26H29N. The largest absolute Gasteiger partial charge is 0.286 e. The summed E-state index contributed by atoms with van der Waals surface area (Å²) in [6.45, 7) is 4.60. The molecule has 1 saturated heterocycles. The van der Waals surface area contributed by atoms with E-state index in [4.69, 9.17) is 0 Å². The van der Waals surface area contributed by atoms with Gasteiger partial charge in [0, 0.05) is 0 Å². The first-order valence-electron chi connectivity index (χ1n) is 10.3. The number of piperidine rings is 1. The Bertz CT molecular complexity index is 721. The molecule has 1 nitrogen and oxygen atoms in total. The molecule has 0 saturated carbocycles. The zero-order chi connectivity index (χ0) is 18.5. The molecule has 138 valence electrons. The maximum absolute atomic E-state index is 2.72. The average Bonchev–Trinajstić information content (AvgIpc) is 2.77. The van der Waals surface area contributed by atoms with Crippen LogP contribution in [0, 0.1) is 5.92 Å². The fourth-order valence-corrected chi connectivity index (χ4v) is 4.76. The Kier molecular flexibility index (Phi) is 5.40. The minimum absolute atomic E-state index is 0.234. The third kappa shape index (κ3) is 3.33. The number of benzene rings is 3. The van der Waals surface area contributed by atoms with Crippen molar-refractivity contribution < 1.29 is 0 Å². The molecule has 3 aromatic rings. The van der Waals surface area contributed by atoms with Gasteiger partial charge >= 0.3 is 0 Å². The van der Waals surface area contributed by atoms with Crippen LogP contribution in [0.4, 0.5) is 0 Å². The smallest absolute Gasteiger partial charge is 0.0972 e. The summed E-state index contributed by atoms with van der Waals surface area (Å²) in [7, 11) is 0. The second-order valence-corrected chi connectivity index (χ2v) is 7.65. The number of likely N-dealkylation sites (tertiary alicyclic amines) is 1. The van der Waals surface area contributed by atoms with Crippen LogP contribution in [-0.2, 0) is 5.54 Å². The summed E-state index contributed by atoms with van der Waals surface area (Å²) < 4.78 is 0. The lowest BCUT2D eigenvalue weighted by atomic mass is 9.74. The highest BCUT2D eigenvalue weighted by molar-refractivity contribution is 5.49. The van der Waals surface area contributed by atoms with Gasteiger partial charge in [0.2, 0.25) is 0 Å². The summed E-state index contributed by atoms with van der Waals surface area (Å²) >= 11 is 0. The number of rotatable bonds is 5. The van der Waals surface area contributed by atoms with Crippen LogP contribution in [-0.4, -0.2) is 18.0 Å². The number of hydrogen-bond donors (Lipinski definition) is 0. The first kappa shape index (κ1) is 18.0. The lowest BCUT2D eigenvalue weighted by Gasteiger charge is -2.48. The van der Waals surface area contributed by atoms with Gasteiger partial charge in [0.1, 0.15) is 0 Å². The number of nitrogens with zero attached hydrogens (tertiary/aromatic N) is 1. The van der Waals surface area contributed by atoms with Crippen LogP contribution in [0.2, 0.25) is 0 Å². The minimum atomic E-state index is -0.234. The maximum atomic E-state index is 2.72. The van der Waals surface area contributed by atoms with E-state index in [1.807, 2.05) is 0 Å². The van der Waals surface area contributed by atoms with E-state index in [1.54, 1.807) is 0 Å². The summed E-state index contributed by atoms with van der Waals surface area (Å²) in [6.07, 6.45) is 3.86. The molecule has 0 unspecified atom stereocenters. The van der Waals surface area contributed by atoms with Crippen molar-refractivity contribution in [2.75, 3.05) is 13.1 Å². The molecule has 1 aliphatic rings.